The molecule has 0 radical (unpaired) electrons. The Balaban J connectivity index is 2.33. The molecule has 0 atom stereocenters. The Kier molecular flexibility index (Phi) is 4.11. The Morgan fingerprint density at radius 2 is 1.74 bits per heavy atom. The lowest BCUT2D eigenvalue weighted by molar-refractivity contribution is -0.138. The van der Waals surface area contributed by atoms with Crippen LogP contribution in [0.25, 0.3) is 0 Å². The van der Waals surface area contributed by atoms with E-state index in [1.807, 2.05) is 0 Å². The second-order valence-electron chi connectivity index (χ2n) is 3.76. The second-order valence-corrected chi connectivity index (χ2v) is 4.91. The van der Waals surface area contributed by atoms with E-state index in [-0.39, 0.29) is 5.56 Å². The van der Waals surface area contributed by atoms with Crippen LogP contribution in [0.5, 0.6) is 0 Å². The molecule has 0 fully saturated rings. The van der Waals surface area contributed by atoms with E-state index in [0.29, 0.717) is 4.90 Å². The molecule has 0 saturated carbocycles. The first-order valence-corrected chi connectivity index (χ1v) is 6.21. The van der Waals surface area contributed by atoms with Crippen LogP contribution in [0.15, 0.2) is 52.5 Å². The third-order valence-electron chi connectivity index (χ3n) is 2.44. The molecule has 1 N–H and O–H groups in total. The first kappa shape index (κ1) is 13.9. The van der Waals surface area contributed by atoms with Gasteiger partial charge in [-0.1, -0.05) is 17.8 Å². The molecule has 0 aliphatic carbocycles. The predicted octanol–water partition coefficient (Wildman–Crippen LogP) is 3.74. The van der Waals surface area contributed by atoms with Crippen molar-refractivity contribution >= 4 is 11.8 Å². The maximum atomic E-state index is 12.8. The number of aliphatic hydroxyl groups is 1. The van der Waals surface area contributed by atoms with Crippen molar-refractivity contribution in [1.29, 1.82) is 0 Å². The van der Waals surface area contributed by atoms with E-state index in [1.54, 1.807) is 30.6 Å². The summed E-state index contributed by atoms with van der Waals surface area (Å²) in [5, 5.41) is 8.95. The molecule has 6 heteroatoms. The van der Waals surface area contributed by atoms with Gasteiger partial charge in [-0.2, -0.15) is 13.2 Å². The van der Waals surface area contributed by atoms with Crippen LogP contribution in [0.2, 0.25) is 0 Å². The highest BCUT2D eigenvalue weighted by Crippen LogP contribution is 2.36. The average molecular weight is 285 g/mol. The van der Waals surface area contributed by atoms with Gasteiger partial charge in [-0.05, 0) is 29.8 Å². The smallest absolute Gasteiger partial charge is 0.392 e. The Bertz CT molecular complexity index is 558. The number of benzene rings is 1. The number of aliphatic hydroxyl groups excluding tert-OH is 1. The van der Waals surface area contributed by atoms with Crippen molar-refractivity contribution < 1.29 is 18.3 Å². The van der Waals surface area contributed by atoms with Crippen molar-refractivity contribution in [3.05, 3.63) is 53.9 Å². The third-order valence-corrected chi connectivity index (χ3v) is 3.44. The molecule has 0 bridgehead atoms. The molecule has 0 amide bonds. The first-order chi connectivity index (χ1) is 9.00. The SMILES string of the molecule is OCc1ccc(Sc2ccncc2)cc1C(F)(F)F. The molecule has 100 valence electrons. The van der Waals surface area contributed by atoms with Crippen molar-refractivity contribution in [2.45, 2.75) is 22.6 Å². The number of hydrogen-bond donors (Lipinski definition) is 1. The van der Waals surface area contributed by atoms with Crippen LogP contribution >= 0.6 is 11.8 Å². The number of pyridine rings is 1. The molecule has 0 unspecified atom stereocenters. The quantitative estimate of drug-likeness (QED) is 0.932. The number of rotatable bonds is 3. The molecule has 2 aromatic rings. The minimum Gasteiger partial charge on any atom is -0.392 e. The van der Waals surface area contributed by atoms with Gasteiger partial charge in [-0.25, -0.2) is 0 Å². The summed E-state index contributed by atoms with van der Waals surface area (Å²) in [6.45, 7) is -0.630. The number of hydrogen-bond acceptors (Lipinski definition) is 3. The van der Waals surface area contributed by atoms with Gasteiger partial charge in [0.1, 0.15) is 0 Å². The zero-order valence-corrected chi connectivity index (χ0v) is 10.5. The zero-order valence-electron chi connectivity index (χ0n) is 9.69. The van der Waals surface area contributed by atoms with E-state index in [9.17, 15) is 13.2 Å². The monoisotopic (exact) mass is 285 g/mol. The predicted molar refractivity (Wildman–Crippen MR) is 65.7 cm³/mol. The van der Waals surface area contributed by atoms with Gasteiger partial charge in [-0.3, -0.25) is 4.98 Å². The first-order valence-electron chi connectivity index (χ1n) is 5.39. The van der Waals surface area contributed by atoms with Gasteiger partial charge in [0.2, 0.25) is 0 Å². The van der Waals surface area contributed by atoms with E-state index in [2.05, 4.69) is 4.98 Å². The van der Waals surface area contributed by atoms with Crippen molar-refractivity contribution in [3.8, 4) is 0 Å². The molecule has 19 heavy (non-hydrogen) atoms. The number of aromatic nitrogens is 1. The second kappa shape index (κ2) is 5.63. The molecular weight excluding hydrogens is 275 g/mol. The zero-order chi connectivity index (χ0) is 13.9. The number of halogens is 3. The van der Waals surface area contributed by atoms with Crippen LogP contribution in [0.3, 0.4) is 0 Å². The molecule has 2 nitrogen and oxygen atoms in total. The maximum absolute atomic E-state index is 12.8. The van der Waals surface area contributed by atoms with E-state index in [1.165, 1.54) is 17.8 Å². The van der Waals surface area contributed by atoms with Crippen LogP contribution < -0.4 is 0 Å². The lowest BCUT2D eigenvalue weighted by Gasteiger charge is -2.13. The Morgan fingerprint density at radius 3 is 2.32 bits per heavy atom. The molecule has 0 aliphatic rings. The molecule has 1 aromatic heterocycles. The van der Waals surface area contributed by atoms with Crippen LogP contribution in [0.1, 0.15) is 11.1 Å². The van der Waals surface area contributed by atoms with Gasteiger partial charge >= 0.3 is 6.18 Å². The third kappa shape index (κ3) is 3.48. The van der Waals surface area contributed by atoms with Crippen LogP contribution in [-0.4, -0.2) is 10.1 Å². The highest BCUT2D eigenvalue weighted by atomic mass is 32.2. The minimum atomic E-state index is -4.47. The highest BCUT2D eigenvalue weighted by Gasteiger charge is 2.33. The Morgan fingerprint density at radius 1 is 1.05 bits per heavy atom. The standard InChI is InChI=1S/C13H10F3NOS/c14-13(15,16)12-7-11(2-1-9(12)8-18)19-10-3-5-17-6-4-10/h1-7,18H,8H2. The van der Waals surface area contributed by atoms with Crippen LogP contribution in [-0.2, 0) is 12.8 Å². The van der Waals surface area contributed by atoms with Gasteiger partial charge in [0.15, 0.2) is 0 Å². The Hall–Kier alpha value is -1.53. The molecule has 0 aliphatic heterocycles. The van der Waals surface area contributed by atoms with Gasteiger partial charge < -0.3 is 5.11 Å². The van der Waals surface area contributed by atoms with E-state index in [4.69, 9.17) is 5.11 Å². The van der Waals surface area contributed by atoms with Crippen molar-refractivity contribution in [3.63, 3.8) is 0 Å². The highest BCUT2D eigenvalue weighted by molar-refractivity contribution is 7.99. The minimum absolute atomic E-state index is 0.119. The van der Waals surface area contributed by atoms with Gasteiger partial charge in [0, 0.05) is 22.2 Å². The van der Waals surface area contributed by atoms with E-state index < -0.39 is 18.3 Å². The normalized spacial score (nSPS) is 11.6. The molecular formula is C13H10F3NOS. The van der Waals surface area contributed by atoms with E-state index in [0.717, 1.165) is 11.0 Å². The fourth-order valence-corrected chi connectivity index (χ4v) is 2.41. The molecule has 1 aromatic carbocycles. The largest absolute Gasteiger partial charge is 0.416 e. The van der Waals surface area contributed by atoms with Crippen molar-refractivity contribution in [2.75, 3.05) is 0 Å². The Labute approximate surface area is 112 Å². The molecule has 1 heterocycles. The summed E-state index contributed by atoms with van der Waals surface area (Å²) in [5.41, 5.74) is -0.916. The van der Waals surface area contributed by atoms with Crippen molar-refractivity contribution in [1.82, 2.24) is 4.98 Å². The number of alkyl halides is 3. The average Bonchev–Trinajstić information content (AvgIpc) is 2.39. The van der Waals surface area contributed by atoms with Crippen molar-refractivity contribution in [2.24, 2.45) is 0 Å². The summed E-state index contributed by atoms with van der Waals surface area (Å²) in [4.78, 5) is 5.12. The number of nitrogens with zero attached hydrogens (tertiary/aromatic N) is 1. The summed E-state index contributed by atoms with van der Waals surface area (Å²) in [5.74, 6) is 0. The summed E-state index contributed by atoms with van der Waals surface area (Å²) in [6, 6.07) is 7.35. The summed E-state index contributed by atoms with van der Waals surface area (Å²) >= 11 is 1.22. The van der Waals surface area contributed by atoms with Crippen LogP contribution in [0.4, 0.5) is 13.2 Å². The summed E-state index contributed by atoms with van der Waals surface area (Å²) in [6.07, 6.45) is -1.31. The maximum Gasteiger partial charge on any atom is 0.416 e. The fraction of sp³-hybridized carbons (Fsp3) is 0.154. The lowest BCUT2D eigenvalue weighted by Crippen LogP contribution is -2.09. The van der Waals surface area contributed by atoms with E-state index >= 15 is 0 Å². The van der Waals surface area contributed by atoms with Gasteiger partial charge in [0.25, 0.3) is 0 Å². The molecule has 0 spiro atoms. The molecule has 0 saturated heterocycles. The summed E-state index contributed by atoms with van der Waals surface area (Å²) in [7, 11) is 0. The topological polar surface area (TPSA) is 33.1 Å². The molecule has 2 rings (SSSR count). The summed E-state index contributed by atoms with van der Waals surface area (Å²) < 4.78 is 38.5. The fourth-order valence-electron chi connectivity index (χ4n) is 1.56. The van der Waals surface area contributed by atoms with Gasteiger partial charge in [-0.15, -0.1) is 0 Å². The lowest BCUT2D eigenvalue weighted by atomic mass is 10.1. The van der Waals surface area contributed by atoms with Crippen LogP contribution in [0, 0.1) is 0 Å². The van der Waals surface area contributed by atoms with Gasteiger partial charge in [0.05, 0.1) is 12.2 Å².